The van der Waals surface area contributed by atoms with Crippen molar-refractivity contribution in [3.8, 4) is 11.3 Å². The molecule has 1 aromatic carbocycles. The van der Waals surface area contributed by atoms with Gasteiger partial charge in [0, 0.05) is 12.6 Å². The topological polar surface area (TPSA) is 30.7 Å². The van der Waals surface area contributed by atoms with E-state index in [2.05, 4.69) is 22.4 Å². The summed E-state index contributed by atoms with van der Waals surface area (Å²) in [5, 5.41) is 7.96. The first-order chi connectivity index (χ1) is 8.02. The molecule has 0 fully saturated rings. The Morgan fingerprint density at radius 2 is 1.65 bits per heavy atom. The van der Waals surface area contributed by atoms with Crippen LogP contribution in [0.2, 0.25) is 0 Å². The highest BCUT2D eigenvalue weighted by molar-refractivity contribution is 5.61. The van der Waals surface area contributed by atoms with Crippen molar-refractivity contribution in [2.75, 3.05) is 0 Å². The number of nitrogens with zero attached hydrogens (tertiary/aromatic N) is 3. The molecule has 0 saturated heterocycles. The lowest BCUT2D eigenvalue weighted by Gasteiger charge is -2.00. The lowest BCUT2D eigenvalue weighted by Crippen LogP contribution is -1.93. The molecule has 0 amide bonds. The van der Waals surface area contributed by atoms with Crippen LogP contribution in [-0.4, -0.2) is 21.7 Å². The molecular weight excluding hydrogens is 231 g/mol. The smallest absolute Gasteiger partial charge is 0.247 e. The summed E-state index contributed by atoms with van der Waals surface area (Å²) in [5.41, 5.74) is 3.21. The maximum absolute atomic E-state index is 9.67. The SMILES string of the molecule is Cc1nnn(C)c1-c1ccccc1.FC(F)F. The Morgan fingerprint density at radius 3 is 2.06 bits per heavy atom. The van der Waals surface area contributed by atoms with E-state index in [0.29, 0.717) is 0 Å². The fraction of sp³-hybridized carbons (Fsp3) is 0.273. The lowest BCUT2D eigenvalue weighted by molar-refractivity contribution is 0.00819. The van der Waals surface area contributed by atoms with Gasteiger partial charge >= 0.3 is 6.68 Å². The third-order valence-electron chi connectivity index (χ3n) is 2.04. The highest BCUT2D eigenvalue weighted by Gasteiger charge is 2.07. The van der Waals surface area contributed by atoms with Gasteiger partial charge in [0.1, 0.15) is 0 Å². The Labute approximate surface area is 96.9 Å². The van der Waals surface area contributed by atoms with Crippen molar-refractivity contribution in [2.45, 2.75) is 13.6 Å². The molecule has 0 saturated carbocycles. The summed E-state index contributed by atoms with van der Waals surface area (Å²) in [5.74, 6) is 0. The van der Waals surface area contributed by atoms with Crippen LogP contribution in [0, 0.1) is 6.92 Å². The van der Waals surface area contributed by atoms with E-state index in [1.165, 1.54) is 0 Å². The van der Waals surface area contributed by atoms with Gasteiger partial charge in [-0.3, -0.25) is 0 Å². The molecule has 92 valence electrons. The highest BCUT2D eigenvalue weighted by atomic mass is 19.4. The van der Waals surface area contributed by atoms with Gasteiger partial charge in [-0.05, 0) is 6.92 Å². The number of alkyl halides is 3. The van der Waals surface area contributed by atoms with Crippen LogP contribution in [0.1, 0.15) is 5.69 Å². The maximum atomic E-state index is 9.67. The molecular formula is C11H12F3N3. The minimum Gasteiger partial charge on any atom is -0.247 e. The summed E-state index contributed by atoms with van der Waals surface area (Å²) in [4.78, 5) is 0. The normalized spacial score (nSPS) is 10.0. The Kier molecular flexibility index (Phi) is 4.68. The molecule has 0 aliphatic rings. The van der Waals surface area contributed by atoms with Gasteiger partial charge in [0.2, 0.25) is 0 Å². The van der Waals surface area contributed by atoms with Gasteiger partial charge in [0.05, 0.1) is 11.4 Å². The number of benzene rings is 1. The van der Waals surface area contributed by atoms with Crippen molar-refractivity contribution in [1.82, 2.24) is 15.0 Å². The Bertz CT molecular complexity index is 432. The van der Waals surface area contributed by atoms with Gasteiger partial charge in [-0.15, -0.1) is 5.10 Å². The number of hydrogen-bond acceptors (Lipinski definition) is 2. The first-order valence-electron chi connectivity index (χ1n) is 4.86. The monoisotopic (exact) mass is 243 g/mol. The summed E-state index contributed by atoms with van der Waals surface area (Å²) >= 11 is 0. The zero-order valence-corrected chi connectivity index (χ0v) is 9.44. The van der Waals surface area contributed by atoms with Crippen LogP contribution in [0.5, 0.6) is 0 Å². The zero-order valence-electron chi connectivity index (χ0n) is 9.44. The minimum absolute atomic E-state index is 0.966. The molecule has 0 unspecified atom stereocenters. The molecule has 2 aromatic rings. The molecule has 0 N–H and O–H groups in total. The summed E-state index contributed by atoms with van der Waals surface area (Å²) in [6.45, 7) is -1.70. The van der Waals surface area contributed by atoms with E-state index in [0.717, 1.165) is 17.0 Å². The van der Waals surface area contributed by atoms with Crippen LogP contribution in [0.25, 0.3) is 11.3 Å². The number of halogens is 3. The van der Waals surface area contributed by atoms with Crippen LogP contribution in [-0.2, 0) is 7.05 Å². The third kappa shape index (κ3) is 3.90. The standard InChI is InChI=1S/C10H11N3.CHF3/c1-8-10(13(2)12-11-8)9-6-4-3-5-7-9;2-1(3)4/h3-7H,1-2H3;1H. The molecule has 6 heteroatoms. The van der Waals surface area contributed by atoms with E-state index in [1.807, 2.05) is 32.2 Å². The van der Waals surface area contributed by atoms with Gasteiger partial charge in [0.15, 0.2) is 0 Å². The number of hydrogen-bond donors (Lipinski definition) is 0. The van der Waals surface area contributed by atoms with E-state index in [1.54, 1.807) is 4.68 Å². The van der Waals surface area contributed by atoms with E-state index in [9.17, 15) is 13.2 Å². The number of aromatic nitrogens is 3. The zero-order chi connectivity index (χ0) is 12.8. The molecule has 0 spiro atoms. The number of aryl methyl sites for hydroxylation is 2. The lowest BCUT2D eigenvalue weighted by atomic mass is 10.1. The summed E-state index contributed by atoms with van der Waals surface area (Å²) in [7, 11) is 1.91. The largest absolute Gasteiger partial charge is 0.379 e. The van der Waals surface area contributed by atoms with Crippen molar-refractivity contribution in [3.05, 3.63) is 36.0 Å². The second kappa shape index (κ2) is 6.03. The van der Waals surface area contributed by atoms with Crippen molar-refractivity contribution < 1.29 is 13.2 Å². The van der Waals surface area contributed by atoms with E-state index in [4.69, 9.17) is 0 Å². The average Bonchev–Trinajstić information content (AvgIpc) is 2.59. The predicted octanol–water partition coefficient (Wildman–Crippen LogP) is 2.97. The maximum Gasteiger partial charge on any atom is 0.379 e. The van der Waals surface area contributed by atoms with Crippen molar-refractivity contribution in [3.63, 3.8) is 0 Å². The van der Waals surface area contributed by atoms with Crippen LogP contribution in [0.3, 0.4) is 0 Å². The number of rotatable bonds is 1. The molecule has 0 radical (unpaired) electrons. The predicted molar refractivity (Wildman–Crippen MR) is 58.3 cm³/mol. The quantitative estimate of drug-likeness (QED) is 0.770. The Balaban J connectivity index is 0.000000317. The highest BCUT2D eigenvalue weighted by Crippen LogP contribution is 2.19. The minimum atomic E-state index is -3.67. The van der Waals surface area contributed by atoms with Crippen molar-refractivity contribution in [1.29, 1.82) is 0 Å². The first kappa shape index (κ1) is 13.2. The Morgan fingerprint density at radius 1 is 1.12 bits per heavy atom. The van der Waals surface area contributed by atoms with Gasteiger partial charge in [-0.1, -0.05) is 35.5 Å². The second-order valence-corrected chi connectivity index (χ2v) is 3.26. The van der Waals surface area contributed by atoms with E-state index >= 15 is 0 Å². The average molecular weight is 243 g/mol. The Hall–Kier alpha value is -1.85. The third-order valence-corrected chi connectivity index (χ3v) is 2.04. The molecule has 17 heavy (non-hydrogen) atoms. The molecule has 0 bridgehead atoms. The van der Waals surface area contributed by atoms with Gasteiger partial charge < -0.3 is 0 Å². The van der Waals surface area contributed by atoms with Crippen LogP contribution in [0.4, 0.5) is 13.2 Å². The molecule has 0 aliphatic heterocycles. The fourth-order valence-electron chi connectivity index (χ4n) is 1.45. The van der Waals surface area contributed by atoms with Crippen molar-refractivity contribution >= 4 is 0 Å². The summed E-state index contributed by atoms with van der Waals surface area (Å²) < 4.78 is 30.8. The molecule has 1 aromatic heterocycles. The van der Waals surface area contributed by atoms with Crippen LogP contribution in [0.15, 0.2) is 30.3 Å². The van der Waals surface area contributed by atoms with Crippen LogP contribution < -0.4 is 0 Å². The molecule has 0 aliphatic carbocycles. The van der Waals surface area contributed by atoms with E-state index < -0.39 is 6.68 Å². The molecule has 3 nitrogen and oxygen atoms in total. The van der Waals surface area contributed by atoms with Crippen molar-refractivity contribution in [2.24, 2.45) is 7.05 Å². The van der Waals surface area contributed by atoms with E-state index in [-0.39, 0.29) is 0 Å². The molecule has 0 atom stereocenters. The van der Waals surface area contributed by atoms with Gasteiger partial charge in [0.25, 0.3) is 0 Å². The van der Waals surface area contributed by atoms with Gasteiger partial charge in [-0.25, -0.2) is 4.68 Å². The molecule has 1 heterocycles. The van der Waals surface area contributed by atoms with Crippen LogP contribution >= 0.6 is 0 Å². The fourth-order valence-corrected chi connectivity index (χ4v) is 1.45. The summed E-state index contributed by atoms with van der Waals surface area (Å²) in [6, 6.07) is 10.2. The van der Waals surface area contributed by atoms with Gasteiger partial charge in [-0.2, -0.15) is 13.2 Å². The molecule has 2 rings (SSSR count). The second-order valence-electron chi connectivity index (χ2n) is 3.26. The summed E-state index contributed by atoms with van der Waals surface area (Å²) in [6.07, 6.45) is 0. The first-order valence-corrected chi connectivity index (χ1v) is 4.86.